The van der Waals surface area contributed by atoms with Gasteiger partial charge in [0.25, 0.3) is 0 Å². The Morgan fingerprint density at radius 3 is 1.38 bits per heavy atom. The first-order valence-corrected chi connectivity index (χ1v) is 12.9. The highest BCUT2D eigenvalue weighted by molar-refractivity contribution is 6.01. The maximum Gasteiger partial charge on any atom is 0.343 e. The molecule has 0 aromatic heterocycles. The van der Waals surface area contributed by atoms with Gasteiger partial charge in [0.15, 0.2) is 5.78 Å². The third-order valence-corrected chi connectivity index (χ3v) is 6.46. The van der Waals surface area contributed by atoms with Gasteiger partial charge in [0.2, 0.25) is 0 Å². The minimum absolute atomic E-state index is 0.0705. The molecule has 0 saturated heterocycles. The Bertz CT molecular complexity index is 1580. The largest absolute Gasteiger partial charge is 0.423 e. The number of esters is 2. The lowest BCUT2D eigenvalue weighted by Gasteiger charge is -2.18. The quantitative estimate of drug-likeness (QED) is 0.114. The van der Waals surface area contributed by atoms with Gasteiger partial charge in [0, 0.05) is 5.56 Å². The highest BCUT2D eigenvalue weighted by atomic mass is 16.5. The molecule has 0 heterocycles. The van der Waals surface area contributed by atoms with E-state index in [1.807, 2.05) is 54.6 Å². The lowest BCUT2D eigenvalue weighted by Crippen LogP contribution is -2.16. The van der Waals surface area contributed by atoms with Gasteiger partial charge in [-0.1, -0.05) is 78.9 Å². The first kappa shape index (κ1) is 26.3. The molecule has 0 spiro atoms. The smallest absolute Gasteiger partial charge is 0.343 e. The molecule has 1 atom stereocenters. The Kier molecular flexibility index (Phi) is 8.23. The Hall–Kier alpha value is -5.29. The summed E-state index contributed by atoms with van der Waals surface area (Å²) >= 11 is 0. The highest BCUT2D eigenvalue weighted by Gasteiger charge is 2.23. The fraction of sp³-hybridized carbons (Fsp3) is 0.0571. The zero-order chi connectivity index (χ0) is 27.7. The molecule has 0 N–H and O–H groups in total. The van der Waals surface area contributed by atoms with Crippen LogP contribution in [-0.2, 0) is 6.42 Å². The van der Waals surface area contributed by atoms with Crippen molar-refractivity contribution >= 4 is 17.7 Å². The van der Waals surface area contributed by atoms with Gasteiger partial charge in [-0.05, 0) is 78.2 Å². The van der Waals surface area contributed by atoms with E-state index in [1.165, 1.54) is 0 Å². The Morgan fingerprint density at radius 2 is 0.900 bits per heavy atom. The van der Waals surface area contributed by atoms with Crippen LogP contribution < -0.4 is 9.47 Å². The monoisotopic (exact) mass is 526 g/mol. The number of ether oxygens (including phenoxy) is 2. The van der Waals surface area contributed by atoms with Crippen molar-refractivity contribution in [1.29, 1.82) is 0 Å². The molecule has 0 aliphatic rings. The molecule has 0 saturated carbocycles. The van der Waals surface area contributed by atoms with Gasteiger partial charge < -0.3 is 9.47 Å². The van der Waals surface area contributed by atoms with E-state index in [9.17, 15) is 14.4 Å². The van der Waals surface area contributed by atoms with Crippen molar-refractivity contribution in [2.45, 2.75) is 12.3 Å². The average Bonchev–Trinajstić information content (AvgIpc) is 3.02. The number of benzene rings is 5. The van der Waals surface area contributed by atoms with Crippen molar-refractivity contribution in [2.75, 3.05) is 0 Å². The van der Waals surface area contributed by atoms with Gasteiger partial charge in [-0.3, -0.25) is 4.79 Å². The van der Waals surface area contributed by atoms with Gasteiger partial charge in [-0.15, -0.1) is 0 Å². The van der Waals surface area contributed by atoms with Gasteiger partial charge in [0.05, 0.1) is 17.0 Å². The topological polar surface area (TPSA) is 69.7 Å². The first-order chi connectivity index (χ1) is 19.6. The third kappa shape index (κ3) is 6.58. The molecule has 0 aliphatic carbocycles. The molecule has 0 radical (unpaired) electrons. The molecule has 196 valence electrons. The summed E-state index contributed by atoms with van der Waals surface area (Å²) in [6.07, 6.45) is 0.494. The maximum atomic E-state index is 13.8. The van der Waals surface area contributed by atoms with Gasteiger partial charge in [0.1, 0.15) is 11.5 Å². The molecule has 40 heavy (non-hydrogen) atoms. The number of hydrogen-bond donors (Lipinski definition) is 0. The fourth-order valence-electron chi connectivity index (χ4n) is 4.35. The molecule has 1 unspecified atom stereocenters. The Morgan fingerprint density at radius 1 is 0.475 bits per heavy atom. The lowest BCUT2D eigenvalue weighted by atomic mass is 9.85. The van der Waals surface area contributed by atoms with Gasteiger partial charge in [-0.25, -0.2) is 9.59 Å². The van der Waals surface area contributed by atoms with E-state index in [0.29, 0.717) is 34.6 Å². The molecule has 5 rings (SSSR count). The van der Waals surface area contributed by atoms with Crippen molar-refractivity contribution in [2.24, 2.45) is 0 Å². The summed E-state index contributed by atoms with van der Waals surface area (Å²) in [5.41, 5.74) is 3.23. The summed E-state index contributed by atoms with van der Waals surface area (Å²) in [4.78, 5) is 38.6. The third-order valence-electron chi connectivity index (χ3n) is 6.46. The summed E-state index contributed by atoms with van der Waals surface area (Å²) in [6, 6.07) is 40.9. The van der Waals surface area contributed by atoms with Crippen LogP contribution in [0.1, 0.15) is 48.1 Å². The van der Waals surface area contributed by atoms with E-state index >= 15 is 0 Å². The summed E-state index contributed by atoms with van der Waals surface area (Å²) < 4.78 is 11.0. The Balaban J connectivity index is 1.34. The lowest BCUT2D eigenvalue weighted by molar-refractivity contribution is 0.0725. The number of carbonyl (C=O) groups excluding carboxylic acids is 3. The van der Waals surface area contributed by atoms with Crippen molar-refractivity contribution in [3.05, 3.63) is 167 Å². The second kappa shape index (κ2) is 12.5. The summed E-state index contributed by atoms with van der Waals surface area (Å²) in [5.74, 6) is -0.700. The van der Waals surface area contributed by atoms with Crippen LogP contribution in [0.3, 0.4) is 0 Å². The van der Waals surface area contributed by atoms with E-state index in [-0.39, 0.29) is 5.78 Å². The summed E-state index contributed by atoms with van der Waals surface area (Å²) in [7, 11) is 0. The number of hydrogen-bond acceptors (Lipinski definition) is 5. The van der Waals surface area contributed by atoms with Crippen molar-refractivity contribution < 1.29 is 23.9 Å². The molecule has 5 aromatic rings. The van der Waals surface area contributed by atoms with Crippen molar-refractivity contribution in [1.82, 2.24) is 0 Å². The summed E-state index contributed by atoms with van der Waals surface area (Å²) in [6.45, 7) is 0. The van der Waals surface area contributed by atoms with E-state index in [4.69, 9.17) is 9.47 Å². The van der Waals surface area contributed by atoms with E-state index in [1.54, 1.807) is 84.9 Å². The summed E-state index contributed by atoms with van der Waals surface area (Å²) in [5, 5.41) is 0. The van der Waals surface area contributed by atoms with Gasteiger partial charge in [-0.2, -0.15) is 0 Å². The van der Waals surface area contributed by atoms with Crippen LogP contribution in [0, 0.1) is 0 Å². The zero-order valence-corrected chi connectivity index (χ0v) is 21.6. The molecular weight excluding hydrogens is 500 g/mol. The molecule has 0 aliphatic heterocycles. The molecule has 0 fully saturated rings. The number of Topliss-reactive ketones (excluding diaryl/α,β-unsaturated/α-hetero) is 1. The molecule has 5 aromatic carbocycles. The highest BCUT2D eigenvalue weighted by Crippen LogP contribution is 2.28. The minimum atomic E-state index is -0.473. The van der Waals surface area contributed by atoms with Crippen LogP contribution in [-0.4, -0.2) is 17.7 Å². The van der Waals surface area contributed by atoms with Crippen molar-refractivity contribution in [3.63, 3.8) is 0 Å². The van der Waals surface area contributed by atoms with Crippen LogP contribution in [0.25, 0.3) is 0 Å². The van der Waals surface area contributed by atoms with Crippen LogP contribution in [0.2, 0.25) is 0 Å². The van der Waals surface area contributed by atoms with E-state index in [0.717, 1.165) is 11.1 Å². The predicted molar refractivity (Wildman–Crippen MR) is 153 cm³/mol. The van der Waals surface area contributed by atoms with Crippen LogP contribution in [0.4, 0.5) is 0 Å². The maximum absolute atomic E-state index is 13.8. The molecular formula is C35H26O5. The Labute approximate surface area is 232 Å². The second-order valence-corrected chi connectivity index (χ2v) is 9.21. The number of ketones is 1. The molecule has 5 heteroatoms. The van der Waals surface area contributed by atoms with Crippen LogP contribution >= 0.6 is 0 Å². The van der Waals surface area contributed by atoms with Gasteiger partial charge >= 0.3 is 11.9 Å². The number of rotatable bonds is 9. The fourth-order valence-corrected chi connectivity index (χ4v) is 4.35. The molecule has 0 bridgehead atoms. The number of carbonyl (C=O) groups is 3. The second-order valence-electron chi connectivity index (χ2n) is 9.21. The van der Waals surface area contributed by atoms with Crippen LogP contribution in [0.15, 0.2) is 140 Å². The van der Waals surface area contributed by atoms with Crippen molar-refractivity contribution in [3.8, 4) is 11.5 Å². The first-order valence-electron chi connectivity index (χ1n) is 12.9. The zero-order valence-electron chi connectivity index (χ0n) is 21.6. The predicted octanol–water partition coefficient (Wildman–Crippen LogP) is 7.33. The minimum Gasteiger partial charge on any atom is -0.423 e. The molecule has 0 amide bonds. The SMILES string of the molecule is O=C(Oc1ccc(C(=O)C(Cc2ccccc2)c2ccc(OC(=O)c3ccccc3)cc2)cc1)c1ccccc1. The van der Waals surface area contributed by atoms with E-state index in [2.05, 4.69) is 0 Å². The normalized spacial score (nSPS) is 11.3. The molecule has 5 nitrogen and oxygen atoms in total. The average molecular weight is 527 g/mol. The standard InChI is InChI=1S/C35H26O5/c36-33(27-18-22-31(23-19-27)40-35(38)29-14-8-3-9-15-29)32(24-25-10-4-1-5-11-25)26-16-20-30(21-17-26)39-34(37)28-12-6-2-7-13-28/h1-23,32H,24H2. The van der Waals surface area contributed by atoms with Crippen LogP contribution in [0.5, 0.6) is 11.5 Å². The van der Waals surface area contributed by atoms with E-state index < -0.39 is 17.9 Å².